The van der Waals surface area contributed by atoms with Crippen LogP contribution in [-0.4, -0.2) is 36.6 Å². The van der Waals surface area contributed by atoms with Crippen molar-refractivity contribution in [2.75, 3.05) is 14.2 Å². The van der Waals surface area contributed by atoms with Gasteiger partial charge in [0.05, 0.1) is 14.2 Å². The number of hydrogen-bond donors (Lipinski definition) is 0. The molecule has 2 rings (SSSR count). The molecule has 0 amide bonds. The van der Waals surface area contributed by atoms with Gasteiger partial charge in [-0.05, 0) is 54.8 Å². The van der Waals surface area contributed by atoms with Gasteiger partial charge >= 0.3 is 11.4 Å². The van der Waals surface area contributed by atoms with Gasteiger partial charge in [0.15, 0.2) is 28.9 Å². The van der Waals surface area contributed by atoms with Crippen molar-refractivity contribution < 1.29 is 27.8 Å². The molecule has 11 heteroatoms. The van der Waals surface area contributed by atoms with Crippen molar-refractivity contribution in [3.63, 3.8) is 0 Å². The van der Waals surface area contributed by atoms with Crippen LogP contribution in [0.4, 0.5) is 8.78 Å². The lowest BCUT2D eigenvalue weighted by Gasteiger charge is -2.04. The zero-order valence-electron chi connectivity index (χ0n) is 21.7. The molecule has 0 saturated heterocycles. The molecule has 0 spiro atoms. The van der Waals surface area contributed by atoms with Crippen LogP contribution in [0.3, 0.4) is 0 Å². The Morgan fingerprint density at radius 1 is 0.784 bits per heavy atom. The molecule has 2 aromatic carbocycles. The topological polar surface area (TPSA) is 52.6 Å². The average Bonchev–Trinajstić information content (AvgIpc) is 2.85. The monoisotopic (exact) mass is 616 g/mol. The second kappa shape index (κ2) is 25.2. The van der Waals surface area contributed by atoms with Crippen molar-refractivity contribution >= 4 is 64.2 Å². The van der Waals surface area contributed by atoms with E-state index in [1.807, 2.05) is 0 Å². The molecule has 2 aromatic rings. The average molecular weight is 618 g/mol. The zero-order chi connectivity index (χ0) is 28.6. The summed E-state index contributed by atoms with van der Waals surface area (Å²) in [7, 11) is 17.7. The summed E-state index contributed by atoms with van der Waals surface area (Å²) in [6, 6.07) is 10.6. The Bertz CT molecular complexity index is 887. The minimum atomic E-state index is -1.72. The number of rotatable bonds is 11. The SMILES string of the molecule is CCCCCC(=O)Cl.CCCCCC(=O)c1ccc(OC)c(F)c1.COc1ccccc1F.[Cl][Al]([Cl])[Cl]. The van der Waals surface area contributed by atoms with Crippen molar-refractivity contribution in [3.05, 3.63) is 59.7 Å². The van der Waals surface area contributed by atoms with E-state index in [1.165, 1.54) is 32.4 Å². The van der Waals surface area contributed by atoms with Gasteiger partial charge in [-0.2, -0.15) is 0 Å². The number of ketones is 1. The first-order valence-corrected chi connectivity index (χ1v) is 17.4. The fourth-order valence-electron chi connectivity index (χ4n) is 2.64. The van der Waals surface area contributed by atoms with Crippen LogP contribution in [0, 0.1) is 11.6 Å². The normalized spacial score (nSPS) is 9.35. The first-order valence-electron chi connectivity index (χ1n) is 11.8. The Hall–Kier alpha value is -1.07. The Balaban J connectivity index is 0. The van der Waals surface area contributed by atoms with Crippen molar-refractivity contribution in [2.24, 2.45) is 0 Å². The highest BCUT2D eigenvalue weighted by atomic mass is 35.8. The molecule has 0 saturated carbocycles. The third-order valence-corrected chi connectivity index (χ3v) is 4.70. The molecular weight excluding hydrogens is 583 g/mol. The second-order valence-electron chi connectivity index (χ2n) is 7.42. The summed E-state index contributed by atoms with van der Waals surface area (Å²) in [6.45, 7) is 4.18. The lowest BCUT2D eigenvalue weighted by molar-refractivity contribution is -0.111. The minimum Gasteiger partial charge on any atom is -0.494 e. The van der Waals surface area contributed by atoms with Gasteiger partial charge in [-0.15, -0.1) is 0 Å². The molecule has 208 valence electrons. The standard InChI is InChI=1S/C13H17FO2.C7H7FO.C6H11ClO.Al.3ClH/c1-3-4-5-6-12(15)10-7-8-13(16-2)11(14)9-10;1-9-7-5-3-2-4-6(7)8;1-2-3-4-5-6(7)8;;;;/h7-9H,3-6H2,1-2H3;2-5H,1H3;2-5H2,1H3;;3*1H/q;;;+3;;;/p-3. The minimum absolute atomic E-state index is 0.00463. The molecule has 0 aliphatic rings. The fraction of sp³-hybridized carbons (Fsp3) is 0.462. The van der Waals surface area contributed by atoms with Gasteiger partial charge in [0.25, 0.3) is 0 Å². The number of para-hydroxylation sites is 1. The smallest absolute Gasteiger partial charge is 0.494 e. The summed E-state index contributed by atoms with van der Waals surface area (Å²) < 4.78 is 35.2. The van der Waals surface area contributed by atoms with Gasteiger partial charge in [0.2, 0.25) is 5.24 Å². The van der Waals surface area contributed by atoms with Crippen LogP contribution in [0.25, 0.3) is 0 Å². The number of methoxy groups -OCH3 is 2. The first kappa shape index (κ1) is 38.1. The third-order valence-electron chi connectivity index (χ3n) is 4.51. The van der Waals surface area contributed by atoms with E-state index in [-0.39, 0.29) is 28.3 Å². The number of hydrogen-bond acceptors (Lipinski definition) is 4. The quantitative estimate of drug-likeness (QED) is 0.109. The van der Waals surface area contributed by atoms with E-state index in [9.17, 15) is 18.4 Å². The molecule has 0 heterocycles. The second-order valence-corrected chi connectivity index (χ2v) is 14.3. The fourth-order valence-corrected chi connectivity index (χ4v) is 2.78. The van der Waals surface area contributed by atoms with E-state index in [2.05, 4.69) is 18.6 Å². The maximum Gasteiger partial charge on any atom is 0.643 e. The maximum atomic E-state index is 13.3. The molecule has 0 radical (unpaired) electrons. The summed E-state index contributed by atoms with van der Waals surface area (Å²) in [6.07, 6.45) is 7.19. The predicted molar refractivity (Wildman–Crippen MR) is 153 cm³/mol. The summed E-state index contributed by atoms with van der Waals surface area (Å²) in [4.78, 5) is 21.7. The van der Waals surface area contributed by atoms with Crippen LogP contribution in [-0.2, 0) is 4.79 Å². The molecule has 37 heavy (non-hydrogen) atoms. The third kappa shape index (κ3) is 22.6. The molecule has 0 atom stereocenters. The number of carbonyl (C=O) groups is 2. The number of ether oxygens (including phenoxy) is 2. The summed E-state index contributed by atoms with van der Waals surface area (Å²) in [5.74, 6) is -0.346. The molecule has 0 unspecified atom stereocenters. The molecular formula is C26H35AlCl4F2O4. The van der Waals surface area contributed by atoms with Crippen LogP contribution in [0.5, 0.6) is 11.5 Å². The van der Waals surface area contributed by atoms with E-state index in [1.54, 1.807) is 24.3 Å². The Morgan fingerprint density at radius 3 is 1.68 bits per heavy atom. The van der Waals surface area contributed by atoms with Gasteiger partial charge in [0.1, 0.15) is 0 Å². The van der Waals surface area contributed by atoms with Crippen LogP contribution < -0.4 is 9.47 Å². The first-order chi connectivity index (χ1) is 17.5. The molecule has 0 aliphatic carbocycles. The number of Topliss-reactive ketones (excluding diaryl/α,β-unsaturated/α-hetero) is 1. The van der Waals surface area contributed by atoms with Gasteiger partial charge in [-0.3, -0.25) is 9.59 Å². The van der Waals surface area contributed by atoms with Crippen LogP contribution in [0.1, 0.15) is 75.6 Å². The number of benzene rings is 2. The largest absolute Gasteiger partial charge is 0.643 e. The summed E-state index contributed by atoms with van der Waals surface area (Å²) in [5, 5.41) is -0.210. The molecule has 0 N–H and O–H groups in total. The van der Waals surface area contributed by atoms with Crippen molar-refractivity contribution in [3.8, 4) is 11.5 Å². The number of carbonyl (C=O) groups excluding carboxylic acids is 2. The van der Waals surface area contributed by atoms with E-state index >= 15 is 0 Å². The van der Waals surface area contributed by atoms with E-state index in [0.717, 1.165) is 38.5 Å². The highest BCUT2D eigenvalue weighted by Gasteiger charge is 2.09. The zero-order valence-corrected chi connectivity index (χ0v) is 25.9. The molecule has 0 fully saturated rings. The van der Waals surface area contributed by atoms with Gasteiger partial charge < -0.3 is 9.47 Å². The van der Waals surface area contributed by atoms with Gasteiger partial charge in [-0.25, -0.2) is 38.9 Å². The molecule has 0 aromatic heterocycles. The predicted octanol–water partition coefficient (Wildman–Crippen LogP) is 9.45. The van der Waals surface area contributed by atoms with Crippen LogP contribution in [0.15, 0.2) is 42.5 Å². The number of unbranched alkanes of at least 4 members (excludes halogenated alkanes) is 4. The maximum absolute atomic E-state index is 13.3. The van der Waals surface area contributed by atoms with Crippen LogP contribution >= 0.6 is 41.7 Å². The van der Waals surface area contributed by atoms with Gasteiger partial charge in [0, 0.05) is 18.4 Å². The van der Waals surface area contributed by atoms with E-state index < -0.39 is 17.2 Å². The Labute approximate surface area is 241 Å². The van der Waals surface area contributed by atoms with Gasteiger partial charge in [-0.1, -0.05) is 51.7 Å². The van der Waals surface area contributed by atoms with E-state index in [0.29, 0.717) is 18.4 Å². The van der Waals surface area contributed by atoms with E-state index in [4.69, 9.17) is 46.5 Å². The lowest BCUT2D eigenvalue weighted by Crippen LogP contribution is -2.00. The highest BCUT2D eigenvalue weighted by Crippen LogP contribution is 2.19. The molecule has 0 aliphatic heterocycles. The Morgan fingerprint density at radius 2 is 1.27 bits per heavy atom. The van der Waals surface area contributed by atoms with Crippen molar-refractivity contribution in [1.82, 2.24) is 0 Å². The molecule has 0 bridgehead atoms. The van der Waals surface area contributed by atoms with Crippen molar-refractivity contribution in [2.45, 2.75) is 65.2 Å². The van der Waals surface area contributed by atoms with Crippen molar-refractivity contribution in [1.29, 1.82) is 0 Å². The lowest BCUT2D eigenvalue weighted by atomic mass is 10.0. The summed E-state index contributed by atoms with van der Waals surface area (Å²) in [5.41, 5.74) is 0.425. The molecule has 4 nitrogen and oxygen atoms in total. The highest BCUT2D eigenvalue weighted by molar-refractivity contribution is 7.54. The summed E-state index contributed by atoms with van der Waals surface area (Å²) >= 11 is 3.35. The van der Waals surface area contributed by atoms with Crippen LogP contribution in [0.2, 0.25) is 0 Å². The Kier molecular flexibility index (Phi) is 26.0. The number of halogens is 6.